The molecule has 0 rings (SSSR count). The van der Waals surface area contributed by atoms with E-state index in [1.807, 2.05) is 0 Å². The third-order valence-electron chi connectivity index (χ3n) is 0. The summed E-state index contributed by atoms with van der Waals surface area (Å²) in [6.07, 6.45) is 0. The standard InChI is InChI=1S/5ClH.Ir.H2O/h5*1H;;1H2/p-4. The maximum atomic E-state index is 0. The molecule has 0 heterocycles. The molecule has 0 aliphatic rings. The van der Waals surface area contributed by atoms with E-state index in [0.717, 1.165) is 0 Å². The van der Waals surface area contributed by atoms with Gasteiger partial charge in [-0.05, 0) is 0 Å². The Kier molecular flexibility index (Phi) is 1880. The Balaban J connectivity index is 0. The van der Waals surface area contributed by atoms with Gasteiger partial charge in [0, 0.05) is 20.1 Å². The molecule has 0 aliphatic heterocycles. The zero-order valence-electron chi connectivity index (χ0n) is 2.75. The quantitative estimate of drug-likeness (QED) is 0.395. The van der Waals surface area contributed by atoms with Crippen molar-refractivity contribution >= 4 is 12.4 Å². The van der Waals surface area contributed by atoms with Gasteiger partial charge >= 0.3 is 0 Å². The van der Waals surface area contributed by atoms with Gasteiger partial charge in [0.2, 0.25) is 0 Å². The summed E-state index contributed by atoms with van der Waals surface area (Å²) in [4.78, 5) is 0. The second kappa shape index (κ2) is 94.7. The molecular formula is H3Cl5IrO-4. The van der Waals surface area contributed by atoms with Crippen LogP contribution in [0.3, 0.4) is 0 Å². The van der Waals surface area contributed by atoms with E-state index in [-0.39, 0.29) is 87.6 Å². The van der Waals surface area contributed by atoms with Gasteiger partial charge in [-0.3, -0.25) is 0 Å². The fraction of sp³-hybridized carbons (Fsp3) is 0. The summed E-state index contributed by atoms with van der Waals surface area (Å²) in [6, 6.07) is 0. The third-order valence-corrected chi connectivity index (χ3v) is 0. The maximum absolute atomic E-state index is 0. The predicted octanol–water partition coefficient (Wildman–Crippen LogP) is -12.4. The summed E-state index contributed by atoms with van der Waals surface area (Å²) in [5, 5.41) is 0. The van der Waals surface area contributed by atoms with E-state index in [4.69, 9.17) is 0 Å². The fourth-order valence-corrected chi connectivity index (χ4v) is 0. The summed E-state index contributed by atoms with van der Waals surface area (Å²) in [5.74, 6) is 0. The molecule has 1 nitrogen and oxygen atoms in total. The van der Waals surface area contributed by atoms with E-state index in [2.05, 4.69) is 0 Å². The minimum atomic E-state index is 0. The summed E-state index contributed by atoms with van der Waals surface area (Å²) >= 11 is 0. The van der Waals surface area contributed by atoms with E-state index in [1.165, 1.54) is 0 Å². The molecule has 0 fully saturated rings. The van der Waals surface area contributed by atoms with Gasteiger partial charge in [0.1, 0.15) is 0 Å². The van der Waals surface area contributed by atoms with Crippen molar-refractivity contribution in [3.63, 3.8) is 0 Å². The summed E-state index contributed by atoms with van der Waals surface area (Å²) in [6.45, 7) is 0. The smallest absolute Gasteiger partial charge is 0 e. The maximum Gasteiger partial charge on any atom is 0 e. The van der Waals surface area contributed by atoms with Crippen LogP contribution in [0.5, 0.6) is 0 Å². The van der Waals surface area contributed by atoms with Crippen LogP contribution in [0, 0.1) is 0 Å². The molecule has 2 N–H and O–H groups in total. The summed E-state index contributed by atoms with van der Waals surface area (Å²) < 4.78 is 0. The second-order valence-electron chi connectivity index (χ2n) is 0. The van der Waals surface area contributed by atoms with Crippen molar-refractivity contribution in [2.75, 3.05) is 0 Å². The van der Waals surface area contributed by atoms with Gasteiger partial charge < -0.3 is 55.1 Å². The van der Waals surface area contributed by atoms with Crippen LogP contribution in [0.2, 0.25) is 0 Å². The van der Waals surface area contributed by atoms with Crippen LogP contribution in [0.15, 0.2) is 0 Å². The van der Waals surface area contributed by atoms with Gasteiger partial charge in [-0.15, -0.1) is 12.4 Å². The van der Waals surface area contributed by atoms with Crippen LogP contribution in [-0.4, -0.2) is 5.48 Å². The molecule has 57 valence electrons. The first-order valence-electron chi connectivity index (χ1n) is 0. The van der Waals surface area contributed by atoms with Crippen LogP contribution in [-0.2, 0) is 20.1 Å². The Morgan fingerprint density at radius 1 is 0.571 bits per heavy atom. The van der Waals surface area contributed by atoms with Gasteiger partial charge in [0.15, 0.2) is 0 Å². The van der Waals surface area contributed by atoms with Gasteiger partial charge in [-0.1, -0.05) is 0 Å². The molecule has 0 saturated carbocycles. The first kappa shape index (κ1) is 139. The minimum absolute atomic E-state index is 0. The molecule has 0 atom stereocenters. The van der Waals surface area contributed by atoms with E-state index < -0.39 is 0 Å². The molecule has 7 heteroatoms. The van der Waals surface area contributed by atoms with E-state index in [9.17, 15) is 0 Å². The Morgan fingerprint density at radius 3 is 0.571 bits per heavy atom. The fourth-order valence-electron chi connectivity index (χ4n) is 0. The Hall–Kier alpha value is 2.06. The van der Waals surface area contributed by atoms with Crippen molar-refractivity contribution < 1.29 is 75.2 Å². The van der Waals surface area contributed by atoms with Crippen LogP contribution >= 0.6 is 12.4 Å². The molecular weight excluding hydrogens is 385 g/mol. The summed E-state index contributed by atoms with van der Waals surface area (Å²) in [5.41, 5.74) is 0. The Labute approximate surface area is 87.1 Å². The average molecular weight is 389 g/mol. The number of halogens is 5. The van der Waals surface area contributed by atoms with Crippen molar-refractivity contribution in [3.8, 4) is 0 Å². The monoisotopic (exact) mass is 387 g/mol. The first-order chi connectivity index (χ1) is 0. The van der Waals surface area contributed by atoms with E-state index in [1.54, 1.807) is 0 Å². The Morgan fingerprint density at radius 2 is 0.571 bits per heavy atom. The van der Waals surface area contributed by atoms with Gasteiger partial charge in [0.25, 0.3) is 0 Å². The minimum Gasteiger partial charge on any atom is -1.00 e. The SMILES string of the molecule is Cl.O.[Cl-].[Cl-].[Cl-].[Cl-].[Ir]. The topological polar surface area (TPSA) is 31.5 Å². The number of hydrogen-bond donors (Lipinski definition) is 0. The largest absolute Gasteiger partial charge is 1.00 e. The number of rotatable bonds is 0. The molecule has 0 aromatic carbocycles. The zero-order chi connectivity index (χ0) is 0. The van der Waals surface area contributed by atoms with Crippen molar-refractivity contribution in [3.05, 3.63) is 0 Å². The van der Waals surface area contributed by atoms with Gasteiger partial charge in [-0.25, -0.2) is 0 Å². The van der Waals surface area contributed by atoms with Gasteiger partial charge in [-0.2, -0.15) is 0 Å². The first-order valence-corrected chi connectivity index (χ1v) is 0. The Bertz CT molecular complexity index is 8.04. The van der Waals surface area contributed by atoms with E-state index >= 15 is 0 Å². The van der Waals surface area contributed by atoms with Crippen molar-refractivity contribution in [1.82, 2.24) is 0 Å². The third kappa shape index (κ3) is 69.8. The molecule has 0 saturated heterocycles. The molecule has 0 unspecified atom stereocenters. The van der Waals surface area contributed by atoms with Gasteiger partial charge in [0.05, 0.1) is 0 Å². The molecule has 0 amide bonds. The van der Waals surface area contributed by atoms with Crippen molar-refractivity contribution in [1.29, 1.82) is 0 Å². The molecule has 0 aliphatic carbocycles. The molecule has 7 heavy (non-hydrogen) atoms. The van der Waals surface area contributed by atoms with Crippen LogP contribution in [0.4, 0.5) is 0 Å². The normalized spacial score (nSPS) is 0. The average Bonchev–Trinajstić information content (AvgIpc) is 0. The molecule has 0 aromatic rings. The zero-order valence-corrected chi connectivity index (χ0v) is 8.99. The molecule has 0 bridgehead atoms. The van der Waals surface area contributed by atoms with Crippen LogP contribution in [0.25, 0.3) is 0 Å². The van der Waals surface area contributed by atoms with Crippen LogP contribution < -0.4 is 49.6 Å². The second-order valence-corrected chi connectivity index (χ2v) is 0. The molecule has 0 aromatic heterocycles. The van der Waals surface area contributed by atoms with Crippen molar-refractivity contribution in [2.24, 2.45) is 0 Å². The van der Waals surface area contributed by atoms with Crippen molar-refractivity contribution in [2.45, 2.75) is 0 Å². The van der Waals surface area contributed by atoms with Crippen LogP contribution in [0.1, 0.15) is 0 Å². The predicted molar refractivity (Wildman–Crippen MR) is 10.9 cm³/mol. The number of hydrogen-bond acceptors (Lipinski definition) is 0. The molecule has 0 spiro atoms. The molecule has 1 radical (unpaired) electrons. The summed E-state index contributed by atoms with van der Waals surface area (Å²) in [7, 11) is 0. The van der Waals surface area contributed by atoms with E-state index in [0.29, 0.717) is 0 Å².